The Labute approximate surface area is 151 Å². The lowest BCUT2D eigenvalue weighted by Gasteiger charge is -2.27. The van der Waals surface area contributed by atoms with Crippen LogP contribution in [0.25, 0.3) is 0 Å². The number of nitrogens with zero attached hydrogens (tertiary/aromatic N) is 3. The number of guanidine groups is 1. The van der Waals surface area contributed by atoms with Crippen molar-refractivity contribution in [3.8, 4) is 0 Å². The zero-order chi connectivity index (χ0) is 18.0. The number of hydrogen-bond donors (Lipinski definition) is 1. The first-order valence-corrected chi connectivity index (χ1v) is 8.40. The van der Waals surface area contributed by atoms with Gasteiger partial charge in [-0.2, -0.15) is 0 Å². The van der Waals surface area contributed by atoms with E-state index in [1.807, 2.05) is 78.9 Å². The molecule has 1 aromatic heterocycles. The summed E-state index contributed by atoms with van der Waals surface area (Å²) in [6.45, 7) is 0.288. The van der Waals surface area contributed by atoms with Crippen molar-refractivity contribution in [1.29, 1.82) is 0 Å². The summed E-state index contributed by atoms with van der Waals surface area (Å²) < 4.78 is 0. The molecule has 1 amide bonds. The SMILES string of the molecule is NC1=NC(c2ccccc2)(c2ccccc2)C(=O)N1Cc1ccccn1. The van der Waals surface area contributed by atoms with E-state index < -0.39 is 5.54 Å². The van der Waals surface area contributed by atoms with Crippen LogP contribution in [-0.2, 0) is 16.9 Å². The van der Waals surface area contributed by atoms with E-state index in [1.165, 1.54) is 4.90 Å². The van der Waals surface area contributed by atoms with Crippen LogP contribution in [0.3, 0.4) is 0 Å². The van der Waals surface area contributed by atoms with Crippen LogP contribution in [0.15, 0.2) is 90.1 Å². The van der Waals surface area contributed by atoms with Gasteiger partial charge in [0.1, 0.15) is 0 Å². The molecule has 2 aromatic carbocycles. The van der Waals surface area contributed by atoms with Crippen LogP contribution in [0.5, 0.6) is 0 Å². The van der Waals surface area contributed by atoms with E-state index in [-0.39, 0.29) is 18.4 Å². The zero-order valence-corrected chi connectivity index (χ0v) is 14.1. The summed E-state index contributed by atoms with van der Waals surface area (Å²) in [5.41, 5.74) is 7.38. The van der Waals surface area contributed by atoms with Crippen LogP contribution in [0.4, 0.5) is 0 Å². The second kappa shape index (κ2) is 6.44. The van der Waals surface area contributed by atoms with E-state index in [4.69, 9.17) is 5.73 Å². The Morgan fingerprint density at radius 3 is 1.96 bits per heavy atom. The Balaban J connectivity index is 1.82. The number of amides is 1. The third kappa shape index (κ3) is 2.54. The molecule has 0 spiro atoms. The lowest BCUT2D eigenvalue weighted by molar-refractivity contribution is -0.130. The van der Waals surface area contributed by atoms with Crippen LogP contribution in [0.2, 0.25) is 0 Å². The molecule has 2 heterocycles. The van der Waals surface area contributed by atoms with Gasteiger partial charge >= 0.3 is 0 Å². The van der Waals surface area contributed by atoms with Crippen LogP contribution < -0.4 is 5.73 Å². The van der Waals surface area contributed by atoms with Gasteiger partial charge in [-0.25, -0.2) is 4.99 Å². The third-order valence-corrected chi connectivity index (χ3v) is 4.54. The van der Waals surface area contributed by atoms with Crippen LogP contribution in [-0.4, -0.2) is 21.8 Å². The predicted octanol–water partition coefficient (Wildman–Crippen LogP) is 2.68. The maximum Gasteiger partial charge on any atom is 0.266 e. The number of hydrogen-bond acceptors (Lipinski definition) is 4. The van der Waals surface area contributed by atoms with Gasteiger partial charge in [-0.15, -0.1) is 0 Å². The number of nitrogens with two attached hydrogens (primary N) is 1. The fraction of sp³-hybridized carbons (Fsp3) is 0.0952. The Morgan fingerprint density at radius 1 is 0.846 bits per heavy atom. The summed E-state index contributed by atoms with van der Waals surface area (Å²) in [4.78, 5) is 24.0. The van der Waals surface area contributed by atoms with Gasteiger partial charge in [0.2, 0.25) is 0 Å². The first-order chi connectivity index (χ1) is 12.7. The highest BCUT2D eigenvalue weighted by atomic mass is 16.2. The third-order valence-electron chi connectivity index (χ3n) is 4.54. The van der Waals surface area contributed by atoms with E-state index in [2.05, 4.69) is 9.98 Å². The fourth-order valence-electron chi connectivity index (χ4n) is 3.29. The molecule has 2 N–H and O–H groups in total. The van der Waals surface area contributed by atoms with Gasteiger partial charge in [0.15, 0.2) is 11.5 Å². The summed E-state index contributed by atoms with van der Waals surface area (Å²) >= 11 is 0. The van der Waals surface area contributed by atoms with Gasteiger partial charge < -0.3 is 5.73 Å². The van der Waals surface area contributed by atoms with Gasteiger partial charge in [-0.05, 0) is 23.3 Å². The Hall–Kier alpha value is -3.47. The average molecular weight is 342 g/mol. The standard InChI is InChI=1S/C21H18N4O/c22-20-24-21(16-9-3-1-4-10-16,17-11-5-2-6-12-17)19(26)25(20)15-18-13-7-8-14-23-18/h1-14H,15H2,(H2,22,24). The van der Waals surface area contributed by atoms with E-state index in [0.717, 1.165) is 16.8 Å². The van der Waals surface area contributed by atoms with Crippen molar-refractivity contribution in [2.45, 2.75) is 12.1 Å². The monoisotopic (exact) mass is 342 g/mol. The molecule has 0 fully saturated rings. The number of carbonyl (C=O) groups excluding carboxylic acids is 1. The Bertz CT molecular complexity index is 900. The second-order valence-corrected chi connectivity index (χ2v) is 6.12. The van der Waals surface area contributed by atoms with Gasteiger partial charge in [-0.3, -0.25) is 14.7 Å². The predicted molar refractivity (Wildman–Crippen MR) is 100 cm³/mol. The summed E-state index contributed by atoms with van der Waals surface area (Å²) in [5, 5.41) is 0. The average Bonchev–Trinajstić information content (AvgIpc) is 2.96. The number of pyridine rings is 1. The molecule has 0 unspecified atom stereocenters. The number of carbonyl (C=O) groups is 1. The number of aliphatic imine (C=N–C) groups is 1. The van der Waals surface area contributed by atoms with Crippen molar-refractivity contribution in [3.63, 3.8) is 0 Å². The molecule has 0 radical (unpaired) electrons. The lowest BCUT2D eigenvalue weighted by atomic mass is 9.83. The molecule has 0 aliphatic carbocycles. The minimum atomic E-state index is -1.17. The molecule has 0 atom stereocenters. The molecule has 128 valence electrons. The highest BCUT2D eigenvalue weighted by molar-refractivity contribution is 6.09. The zero-order valence-electron chi connectivity index (χ0n) is 14.1. The smallest absolute Gasteiger partial charge is 0.266 e. The minimum absolute atomic E-state index is 0.168. The highest BCUT2D eigenvalue weighted by Gasteiger charge is 2.50. The molecule has 26 heavy (non-hydrogen) atoms. The number of aromatic nitrogens is 1. The van der Waals surface area contributed by atoms with Crippen LogP contribution in [0.1, 0.15) is 16.8 Å². The molecule has 0 bridgehead atoms. The number of rotatable bonds is 4. The molecule has 3 aromatic rings. The fourth-order valence-corrected chi connectivity index (χ4v) is 3.29. The van der Waals surface area contributed by atoms with Crippen molar-refractivity contribution in [3.05, 3.63) is 102 Å². The topological polar surface area (TPSA) is 71.6 Å². The molecule has 1 aliphatic heterocycles. The normalized spacial score (nSPS) is 15.8. The first kappa shape index (κ1) is 16.0. The maximum absolute atomic E-state index is 13.5. The molecule has 5 nitrogen and oxygen atoms in total. The van der Waals surface area contributed by atoms with E-state index in [9.17, 15) is 4.79 Å². The van der Waals surface area contributed by atoms with Gasteiger partial charge in [-0.1, -0.05) is 66.7 Å². The van der Waals surface area contributed by atoms with Crippen LogP contribution >= 0.6 is 0 Å². The van der Waals surface area contributed by atoms with Crippen molar-refractivity contribution in [2.75, 3.05) is 0 Å². The van der Waals surface area contributed by atoms with Gasteiger partial charge in [0, 0.05) is 6.20 Å². The molecule has 5 heteroatoms. The van der Waals surface area contributed by atoms with Crippen molar-refractivity contribution < 1.29 is 4.79 Å². The van der Waals surface area contributed by atoms with Crippen molar-refractivity contribution in [2.24, 2.45) is 10.7 Å². The highest BCUT2D eigenvalue weighted by Crippen LogP contribution is 2.39. The lowest BCUT2D eigenvalue weighted by Crippen LogP contribution is -2.43. The van der Waals surface area contributed by atoms with E-state index in [1.54, 1.807) is 6.20 Å². The molecule has 4 rings (SSSR count). The van der Waals surface area contributed by atoms with E-state index in [0.29, 0.717) is 0 Å². The molecule has 0 saturated carbocycles. The van der Waals surface area contributed by atoms with Gasteiger partial charge in [0.05, 0.1) is 12.2 Å². The van der Waals surface area contributed by atoms with Crippen LogP contribution in [0, 0.1) is 0 Å². The minimum Gasteiger partial charge on any atom is -0.369 e. The van der Waals surface area contributed by atoms with Crippen molar-refractivity contribution in [1.82, 2.24) is 9.88 Å². The summed E-state index contributed by atoms with van der Waals surface area (Å²) in [6, 6.07) is 24.7. The van der Waals surface area contributed by atoms with Crippen molar-refractivity contribution >= 4 is 11.9 Å². The quantitative estimate of drug-likeness (QED) is 0.792. The second-order valence-electron chi connectivity index (χ2n) is 6.12. The summed E-state index contributed by atoms with van der Waals surface area (Å²) in [5.74, 6) is 0.0337. The Kier molecular flexibility index (Phi) is 3.97. The largest absolute Gasteiger partial charge is 0.369 e. The summed E-state index contributed by atoms with van der Waals surface area (Å²) in [7, 11) is 0. The molecular formula is C21H18N4O. The molecular weight excluding hydrogens is 324 g/mol. The summed E-state index contributed by atoms with van der Waals surface area (Å²) in [6.07, 6.45) is 1.70. The maximum atomic E-state index is 13.5. The molecule has 0 saturated heterocycles. The van der Waals surface area contributed by atoms with E-state index >= 15 is 0 Å². The number of benzene rings is 2. The Morgan fingerprint density at radius 2 is 1.42 bits per heavy atom. The van der Waals surface area contributed by atoms with Gasteiger partial charge in [0.25, 0.3) is 5.91 Å². The first-order valence-electron chi connectivity index (χ1n) is 8.40. The molecule has 1 aliphatic rings.